The number of hydrogen-bond acceptors (Lipinski definition) is 4. The summed E-state index contributed by atoms with van der Waals surface area (Å²) in [5, 5.41) is 3.03. The molecule has 0 spiro atoms. The van der Waals surface area contributed by atoms with Gasteiger partial charge in [0.2, 0.25) is 0 Å². The summed E-state index contributed by atoms with van der Waals surface area (Å²) in [6, 6.07) is 5.47. The first-order valence-electron chi connectivity index (χ1n) is 7.00. The average molecular weight is 293 g/mol. The highest BCUT2D eigenvalue weighted by molar-refractivity contribution is 7.99. The minimum atomic E-state index is -0.0276. The first-order chi connectivity index (χ1) is 9.58. The zero-order chi connectivity index (χ0) is 14.5. The summed E-state index contributed by atoms with van der Waals surface area (Å²) in [7, 11) is 3.87. The normalized spacial score (nSPS) is 15.9. The molecule has 3 N–H and O–H groups in total. The van der Waals surface area contributed by atoms with Crippen LogP contribution in [0.25, 0.3) is 0 Å². The van der Waals surface area contributed by atoms with E-state index in [9.17, 15) is 4.79 Å². The van der Waals surface area contributed by atoms with Gasteiger partial charge in [-0.2, -0.15) is 11.8 Å². The topological polar surface area (TPSA) is 58.4 Å². The third-order valence-corrected chi connectivity index (χ3v) is 4.71. The summed E-state index contributed by atoms with van der Waals surface area (Å²) in [6.07, 6.45) is 2.40. The van der Waals surface area contributed by atoms with E-state index in [1.165, 1.54) is 24.3 Å². The van der Waals surface area contributed by atoms with Crippen molar-refractivity contribution in [2.24, 2.45) is 5.92 Å². The number of amides is 1. The largest absolute Gasteiger partial charge is 0.397 e. The highest BCUT2D eigenvalue weighted by Gasteiger charge is 2.15. The molecule has 1 heterocycles. The van der Waals surface area contributed by atoms with Gasteiger partial charge in [0.15, 0.2) is 0 Å². The quantitative estimate of drug-likeness (QED) is 0.836. The number of nitrogens with two attached hydrogens (primary N) is 1. The molecule has 1 aromatic rings. The van der Waals surface area contributed by atoms with Gasteiger partial charge in [0.05, 0.1) is 11.4 Å². The number of nitrogen functional groups attached to an aromatic ring is 1. The van der Waals surface area contributed by atoms with Gasteiger partial charge < -0.3 is 16.0 Å². The van der Waals surface area contributed by atoms with Crippen LogP contribution in [-0.2, 0) is 0 Å². The second-order valence-corrected chi connectivity index (χ2v) is 6.66. The molecule has 20 heavy (non-hydrogen) atoms. The van der Waals surface area contributed by atoms with Gasteiger partial charge in [-0.05, 0) is 48.5 Å². The number of anilines is 2. The van der Waals surface area contributed by atoms with Crippen molar-refractivity contribution in [2.75, 3.05) is 42.8 Å². The van der Waals surface area contributed by atoms with Crippen LogP contribution in [0.2, 0.25) is 0 Å². The fraction of sp³-hybridized carbons (Fsp3) is 0.533. The molecule has 0 aliphatic carbocycles. The van der Waals surface area contributed by atoms with Crippen molar-refractivity contribution in [2.45, 2.75) is 12.8 Å². The van der Waals surface area contributed by atoms with Crippen LogP contribution in [0, 0.1) is 5.92 Å². The molecule has 1 saturated heterocycles. The van der Waals surface area contributed by atoms with Gasteiger partial charge in [-0.25, -0.2) is 0 Å². The van der Waals surface area contributed by atoms with Gasteiger partial charge in [0, 0.05) is 26.2 Å². The predicted octanol–water partition coefficient (Wildman–Crippen LogP) is 2.21. The molecule has 0 saturated carbocycles. The van der Waals surface area contributed by atoms with E-state index in [2.05, 4.69) is 5.32 Å². The third kappa shape index (κ3) is 3.82. The summed E-state index contributed by atoms with van der Waals surface area (Å²) in [5.74, 6) is 3.02. The standard InChI is InChI=1S/C15H23N3OS/c1-18(2)14-4-3-12(9-13(14)16)15(19)17-10-11-5-7-20-8-6-11/h3-4,9,11H,5-8,10,16H2,1-2H3,(H,17,19). The lowest BCUT2D eigenvalue weighted by atomic mass is 10.0. The van der Waals surface area contributed by atoms with Crippen LogP contribution in [0.15, 0.2) is 18.2 Å². The van der Waals surface area contributed by atoms with E-state index in [1.54, 1.807) is 6.07 Å². The van der Waals surface area contributed by atoms with E-state index < -0.39 is 0 Å². The summed E-state index contributed by atoms with van der Waals surface area (Å²) < 4.78 is 0. The van der Waals surface area contributed by atoms with E-state index in [0.717, 1.165) is 12.2 Å². The van der Waals surface area contributed by atoms with Crippen molar-refractivity contribution in [1.82, 2.24) is 5.32 Å². The second-order valence-electron chi connectivity index (χ2n) is 5.43. The summed E-state index contributed by atoms with van der Waals surface area (Å²) in [6.45, 7) is 0.773. The Kier molecular flexibility index (Phi) is 5.17. The van der Waals surface area contributed by atoms with Crippen LogP contribution in [0.5, 0.6) is 0 Å². The molecule has 4 nitrogen and oxygen atoms in total. The maximum atomic E-state index is 12.1. The smallest absolute Gasteiger partial charge is 0.251 e. The molecule has 110 valence electrons. The van der Waals surface area contributed by atoms with Crippen molar-refractivity contribution in [3.8, 4) is 0 Å². The van der Waals surface area contributed by atoms with Gasteiger partial charge >= 0.3 is 0 Å². The van der Waals surface area contributed by atoms with Gasteiger partial charge in [-0.3, -0.25) is 4.79 Å². The van der Waals surface area contributed by atoms with Crippen molar-refractivity contribution in [3.63, 3.8) is 0 Å². The molecule has 1 aliphatic rings. The van der Waals surface area contributed by atoms with E-state index >= 15 is 0 Å². The fourth-order valence-corrected chi connectivity index (χ4v) is 3.60. The maximum Gasteiger partial charge on any atom is 0.251 e. The number of nitrogens with one attached hydrogen (secondary N) is 1. The minimum Gasteiger partial charge on any atom is -0.397 e. The number of benzene rings is 1. The van der Waals surface area contributed by atoms with Crippen molar-refractivity contribution in [1.29, 1.82) is 0 Å². The molecule has 0 aromatic heterocycles. The van der Waals surface area contributed by atoms with Gasteiger partial charge in [0.25, 0.3) is 5.91 Å². The lowest BCUT2D eigenvalue weighted by Crippen LogP contribution is -2.31. The molecule has 0 unspecified atom stereocenters. The molecule has 1 amide bonds. The van der Waals surface area contributed by atoms with Crippen LogP contribution in [0.3, 0.4) is 0 Å². The van der Waals surface area contributed by atoms with Gasteiger partial charge in [-0.15, -0.1) is 0 Å². The van der Waals surface area contributed by atoms with Crippen LogP contribution < -0.4 is 16.0 Å². The molecule has 0 atom stereocenters. The highest BCUT2D eigenvalue weighted by atomic mass is 32.2. The Morgan fingerprint density at radius 1 is 1.40 bits per heavy atom. The van der Waals surface area contributed by atoms with Crippen LogP contribution in [-0.4, -0.2) is 38.1 Å². The number of thioether (sulfide) groups is 1. The monoisotopic (exact) mass is 293 g/mol. The zero-order valence-corrected chi connectivity index (χ0v) is 13.0. The van der Waals surface area contributed by atoms with Gasteiger partial charge in [-0.1, -0.05) is 0 Å². The zero-order valence-electron chi connectivity index (χ0n) is 12.2. The van der Waals surface area contributed by atoms with Gasteiger partial charge in [0.1, 0.15) is 0 Å². The lowest BCUT2D eigenvalue weighted by molar-refractivity contribution is 0.0946. The van der Waals surface area contributed by atoms with E-state index in [-0.39, 0.29) is 5.91 Å². The Morgan fingerprint density at radius 2 is 2.10 bits per heavy atom. The predicted molar refractivity (Wildman–Crippen MR) is 87.6 cm³/mol. The number of nitrogens with zero attached hydrogens (tertiary/aromatic N) is 1. The minimum absolute atomic E-state index is 0.0276. The number of hydrogen-bond donors (Lipinski definition) is 2. The van der Waals surface area contributed by atoms with Crippen LogP contribution in [0.1, 0.15) is 23.2 Å². The molecule has 1 aromatic carbocycles. The highest BCUT2D eigenvalue weighted by Crippen LogP contribution is 2.23. The Morgan fingerprint density at radius 3 is 2.70 bits per heavy atom. The van der Waals surface area contributed by atoms with Crippen molar-refractivity contribution in [3.05, 3.63) is 23.8 Å². The first kappa shape index (κ1) is 15.0. The number of carbonyl (C=O) groups excluding carboxylic acids is 1. The number of rotatable bonds is 4. The summed E-state index contributed by atoms with van der Waals surface area (Å²) in [4.78, 5) is 14.1. The molecule has 0 radical (unpaired) electrons. The van der Waals surface area contributed by atoms with Crippen molar-refractivity contribution >= 4 is 29.0 Å². The first-order valence-corrected chi connectivity index (χ1v) is 8.16. The molecule has 2 rings (SSSR count). The second kappa shape index (κ2) is 6.88. The maximum absolute atomic E-state index is 12.1. The molecular formula is C15H23N3OS. The Labute approximate surface area is 125 Å². The SMILES string of the molecule is CN(C)c1ccc(C(=O)NCC2CCSCC2)cc1N. The summed E-state index contributed by atoms with van der Waals surface area (Å²) in [5.41, 5.74) is 8.18. The summed E-state index contributed by atoms with van der Waals surface area (Å²) >= 11 is 2.00. The molecular weight excluding hydrogens is 270 g/mol. The third-order valence-electron chi connectivity index (χ3n) is 3.66. The van der Waals surface area contributed by atoms with Crippen molar-refractivity contribution < 1.29 is 4.79 Å². The van der Waals surface area contributed by atoms with E-state index in [1.807, 2.05) is 42.9 Å². The fourth-order valence-electron chi connectivity index (χ4n) is 2.39. The van der Waals surface area contributed by atoms with E-state index in [4.69, 9.17) is 5.73 Å². The Bertz CT molecular complexity index is 470. The Hall–Kier alpha value is -1.36. The van der Waals surface area contributed by atoms with Crippen LogP contribution >= 0.6 is 11.8 Å². The van der Waals surface area contributed by atoms with Crippen LogP contribution in [0.4, 0.5) is 11.4 Å². The molecule has 1 fully saturated rings. The average Bonchev–Trinajstić information content (AvgIpc) is 2.45. The van der Waals surface area contributed by atoms with E-state index in [0.29, 0.717) is 17.2 Å². The number of carbonyl (C=O) groups is 1. The Balaban J connectivity index is 1.93. The molecule has 0 bridgehead atoms. The lowest BCUT2D eigenvalue weighted by Gasteiger charge is -2.21. The molecule has 1 aliphatic heterocycles. The molecule has 5 heteroatoms.